The van der Waals surface area contributed by atoms with E-state index in [1.807, 2.05) is 48.5 Å². The van der Waals surface area contributed by atoms with Gasteiger partial charge in [-0.15, -0.1) is 10.0 Å². The molecule has 0 heterocycles. The molecule has 0 spiro atoms. The molecule has 0 aliphatic carbocycles. The third-order valence-corrected chi connectivity index (χ3v) is 2.03. The van der Waals surface area contributed by atoms with Crippen LogP contribution in [-0.4, -0.2) is 27.9 Å². The summed E-state index contributed by atoms with van der Waals surface area (Å²) in [7, 11) is 0. The van der Waals surface area contributed by atoms with Crippen molar-refractivity contribution in [3.63, 3.8) is 0 Å². The number of aryl methyl sites for hydroxylation is 1. The fourth-order valence-corrected chi connectivity index (χ4v) is 1.12. The Morgan fingerprint density at radius 1 is 0.857 bits per heavy atom. The first-order valence-corrected chi connectivity index (χ1v) is 5.85. The summed E-state index contributed by atoms with van der Waals surface area (Å²) in [6, 6.07) is 19.8. The molecule has 120 valence electrons. The molecule has 0 aliphatic rings. The zero-order chi connectivity index (χ0) is 14.3. The zero-order valence-electron chi connectivity index (χ0n) is 12.0. The standard InChI is InChI=1S/C7H8O.C7H8.CH4FNO.2H2O/c8-6-7-4-2-1-3-5-7;1-7-5-3-2-4-6-7;2-3-1-4;;/h1-5,8H,6H2;2-6H,1H3;3-4H,1H2;2*1H2. The van der Waals surface area contributed by atoms with E-state index in [4.69, 9.17) is 10.2 Å². The molecular formula is C15H24FNO4. The van der Waals surface area contributed by atoms with Gasteiger partial charge in [-0.25, -0.2) is 0 Å². The fraction of sp³-hybridized carbons (Fsp3) is 0.200. The van der Waals surface area contributed by atoms with Gasteiger partial charge in [-0.3, -0.25) is 0 Å². The molecule has 6 heteroatoms. The zero-order valence-corrected chi connectivity index (χ0v) is 12.0. The van der Waals surface area contributed by atoms with Crippen molar-refractivity contribution in [2.24, 2.45) is 0 Å². The van der Waals surface area contributed by atoms with E-state index in [0.717, 1.165) is 11.1 Å². The lowest BCUT2D eigenvalue weighted by Gasteiger charge is -1.89. The minimum atomic E-state index is -0.597. The van der Waals surface area contributed by atoms with Crippen molar-refractivity contribution in [1.29, 1.82) is 0 Å². The van der Waals surface area contributed by atoms with Gasteiger partial charge < -0.3 is 21.2 Å². The molecule has 0 radical (unpaired) electrons. The summed E-state index contributed by atoms with van der Waals surface area (Å²) in [5, 5.41) is 15.9. The molecule has 0 aliphatic heterocycles. The molecule has 2 aromatic rings. The summed E-state index contributed by atoms with van der Waals surface area (Å²) in [5.74, 6) is 0. The highest BCUT2D eigenvalue weighted by Crippen LogP contribution is 1.95. The van der Waals surface area contributed by atoms with Crippen LogP contribution in [0.25, 0.3) is 0 Å². The number of halogens is 1. The molecule has 0 fully saturated rings. The maximum Gasteiger partial charge on any atom is 0.120 e. The summed E-state index contributed by atoms with van der Waals surface area (Å²) in [6.45, 7) is 1.63. The second-order valence-electron chi connectivity index (χ2n) is 3.59. The van der Waals surface area contributed by atoms with Crippen molar-refractivity contribution in [3.8, 4) is 0 Å². The van der Waals surface area contributed by atoms with Crippen molar-refractivity contribution in [2.45, 2.75) is 13.5 Å². The van der Waals surface area contributed by atoms with Crippen LogP contribution in [0.1, 0.15) is 11.1 Å². The Labute approximate surface area is 124 Å². The van der Waals surface area contributed by atoms with Crippen molar-refractivity contribution >= 4 is 0 Å². The average molecular weight is 301 g/mol. The lowest BCUT2D eigenvalue weighted by atomic mass is 10.2. The molecular weight excluding hydrogens is 277 g/mol. The van der Waals surface area contributed by atoms with Gasteiger partial charge in [-0.1, -0.05) is 66.2 Å². The quantitative estimate of drug-likeness (QED) is 0.566. The van der Waals surface area contributed by atoms with Gasteiger partial charge in [-0.05, 0) is 12.5 Å². The largest absolute Gasteiger partial charge is 0.412 e. The number of aliphatic hydroxyl groups is 2. The molecule has 0 saturated carbocycles. The highest BCUT2D eigenvalue weighted by molar-refractivity contribution is 5.13. The Bertz CT molecular complexity index is 399. The van der Waals surface area contributed by atoms with Crippen LogP contribution in [0.15, 0.2) is 60.7 Å². The Balaban J connectivity index is -0.000000233. The van der Waals surface area contributed by atoms with E-state index >= 15 is 0 Å². The molecule has 21 heavy (non-hydrogen) atoms. The van der Waals surface area contributed by atoms with E-state index in [2.05, 4.69) is 19.1 Å². The maximum absolute atomic E-state index is 10.2. The fourth-order valence-electron chi connectivity index (χ4n) is 1.12. The van der Waals surface area contributed by atoms with E-state index in [1.165, 1.54) is 5.56 Å². The summed E-state index contributed by atoms with van der Waals surface area (Å²) >= 11 is 0. The van der Waals surface area contributed by atoms with Gasteiger partial charge >= 0.3 is 0 Å². The van der Waals surface area contributed by atoms with Gasteiger partial charge in [0.15, 0.2) is 0 Å². The molecule has 0 amide bonds. The van der Waals surface area contributed by atoms with Gasteiger partial charge in [0.2, 0.25) is 0 Å². The van der Waals surface area contributed by atoms with Crippen LogP contribution < -0.4 is 5.54 Å². The Kier molecular flexibility index (Phi) is 20.9. The van der Waals surface area contributed by atoms with Gasteiger partial charge in [0.05, 0.1) is 6.61 Å². The van der Waals surface area contributed by atoms with Crippen LogP contribution in [-0.2, 0) is 6.61 Å². The van der Waals surface area contributed by atoms with Crippen molar-refractivity contribution in [1.82, 2.24) is 5.54 Å². The van der Waals surface area contributed by atoms with Crippen molar-refractivity contribution in [3.05, 3.63) is 71.8 Å². The first-order valence-electron chi connectivity index (χ1n) is 5.85. The topological polar surface area (TPSA) is 115 Å². The predicted octanol–water partition coefficient (Wildman–Crippen LogP) is 0.935. The highest BCUT2D eigenvalue weighted by Gasteiger charge is 1.81. The third-order valence-electron chi connectivity index (χ3n) is 2.03. The van der Waals surface area contributed by atoms with E-state index in [0.29, 0.717) is 0 Å². The molecule has 0 saturated heterocycles. The number of aliphatic hydroxyl groups excluding tert-OH is 2. The lowest BCUT2D eigenvalue weighted by molar-refractivity contribution is 0.168. The maximum atomic E-state index is 10.2. The molecule has 0 atom stereocenters. The number of rotatable bonds is 2. The predicted molar refractivity (Wildman–Crippen MR) is 82.1 cm³/mol. The summed E-state index contributed by atoms with van der Waals surface area (Å²) < 4.78 is 10.2. The Morgan fingerprint density at radius 3 is 1.43 bits per heavy atom. The van der Waals surface area contributed by atoms with E-state index in [9.17, 15) is 4.48 Å². The van der Waals surface area contributed by atoms with Crippen LogP contribution in [0.5, 0.6) is 0 Å². The highest BCUT2D eigenvalue weighted by atomic mass is 19.2. The average Bonchev–Trinajstić information content (AvgIpc) is 2.50. The Hall–Kier alpha value is -1.83. The molecule has 7 N–H and O–H groups in total. The second kappa shape index (κ2) is 18.2. The molecule has 5 nitrogen and oxygen atoms in total. The van der Waals surface area contributed by atoms with Crippen molar-refractivity contribution in [2.75, 3.05) is 6.73 Å². The van der Waals surface area contributed by atoms with Crippen LogP contribution >= 0.6 is 0 Å². The van der Waals surface area contributed by atoms with Gasteiger partial charge in [-0.2, -0.15) is 0 Å². The van der Waals surface area contributed by atoms with Gasteiger partial charge in [0.1, 0.15) is 6.73 Å². The summed E-state index contributed by atoms with van der Waals surface area (Å²) in [4.78, 5) is 0. The minimum Gasteiger partial charge on any atom is -0.412 e. The smallest absolute Gasteiger partial charge is 0.120 e. The normalized spacial score (nSPS) is 7.81. The van der Waals surface area contributed by atoms with E-state index in [-0.39, 0.29) is 17.6 Å². The summed E-state index contributed by atoms with van der Waals surface area (Å²) in [6.07, 6.45) is 0. The van der Waals surface area contributed by atoms with Crippen LogP contribution in [0, 0.1) is 6.92 Å². The van der Waals surface area contributed by atoms with Crippen LogP contribution in [0.4, 0.5) is 4.48 Å². The monoisotopic (exact) mass is 301 g/mol. The second-order valence-corrected chi connectivity index (χ2v) is 3.59. The van der Waals surface area contributed by atoms with Gasteiger partial charge in [0.25, 0.3) is 0 Å². The third kappa shape index (κ3) is 16.1. The lowest BCUT2D eigenvalue weighted by Crippen LogP contribution is -1.97. The first-order chi connectivity index (χ1) is 9.24. The number of nitrogens with one attached hydrogen (secondary N) is 1. The van der Waals surface area contributed by atoms with Crippen LogP contribution in [0.2, 0.25) is 0 Å². The number of hydrogen-bond donors (Lipinski definition) is 3. The molecule has 2 aromatic carbocycles. The number of hydrogen-bond acceptors (Lipinski definition) is 3. The molecule has 0 bridgehead atoms. The minimum absolute atomic E-state index is 0. The number of benzene rings is 2. The summed E-state index contributed by atoms with van der Waals surface area (Å²) in [5.41, 5.74) is 3.27. The van der Waals surface area contributed by atoms with E-state index < -0.39 is 6.73 Å². The molecule has 2 rings (SSSR count). The first kappa shape index (κ1) is 24.2. The van der Waals surface area contributed by atoms with Crippen LogP contribution in [0.3, 0.4) is 0 Å². The SMILES string of the molecule is Cc1ccccc1.O.O.OCNF.OCc1ccccc1. The van der Waals surface area contributed by atoms with E-state index in [1.54, 1.807) is 0 Å². The van der Waals surface area contributed by atoms with Crippen molar-refractivity contribution < 1.29 is 25.6 Å². The molecule has 0 unspecified atom stereocenters. The Morgan fingerprint density at radius 2 is 1.24 bits per heavy atom. The van der Waals surface area contributed by atoms with Gasteiger partial charge in [0, 0.05) is 0 Å². The molecule has 0 aromatic heterocycles.